The van der Waals surface area contributed by atoms with Gasteiger partial charge in [0.1, 0.15) is 5.75 Å². The topological polar surface area (TPSA) is 86.6 Å². The summed E-state index contributed by atoms with van der Waals surface area (Å²) >= 11 is 5.91. The number of hydrogen-bond acceptors (Lipinski definition) is 3. The highest BCUT2D eigenvalue weighted by Crippen LogP contribution is 2.24. The van der Waals surface area contributed by atoms with E-state index in [1.807, 2.05) is 0 Å². The zero-order chi connectivity index (χ0) is 14.7. The molecule has 3 N–H and O–H groups in total. The normalized spacial score (nSPS) is 10.1. The highest BCUT2D eigenvalue weighted by atomic mass is 35.5. The van der Waals surface area contributed by atoms with Gasteiger partial charge in [-0.15, -0.1) is 0 Å². The molecule has 0 atom stereocenters. The van der Waals surface area contributed by atoms with Crippen molar-refractivity contribution in [1.29, 1.82) is 0 Å². The summed E-state index contributed by atoms with van der Waals surface area (Å²) < 4.78 is 0. The Morgan fingerprint density at radius 2 is 1.80 bits per heavy atom. The van der Waals surface area contributed by atoms with Gasteiger partial charge in [0.05, 0.1) is 16.3 Å². The number of phenols is 1. The lowest BCUT2D eigenvalue weighted by Crippen LogP contribution is -2.12. The van der Waals surface area contributed by atoms with Crippen molar-refractivity contribution < 1.29 is 19.8 Å². The van der Waals surface area contributed by atoms with Crippen molar-refractivity contribution in [3.8, 4) is 5.75 Å². The van der Waals surface area contributed by atoms with Gasteiger partial charge in [-0.2, -0.15) is 0 Å². The molecule has 0 unspecified atom stereocenters. The third kappa shape index (κ3) is 3.07. The minimum absolute atomic E-state index is 0.0232. The molecule has 0 saturated carbocycles. The highest BCUT2D eigenvalue weighted by Gasteiger charge is 2.11. The van der Waals surface area contributed by atoms with Crippen molar-refractivity contribution in [3.63, 3.8) is 0 Å². The number of carboxylic acids is 1. The van der Waals surface area contributed by atoms with Crippen molar-refractivity contribution in [1.82, 2.24) is 0 Å². The van der Waals surface area contributed by atoms with Gasteiger partial charge in [0.15, 0.2) is 0 Å². The molecule has 2 aromatic carbocycles. The molecular formula is C14H10ClNO4. The minimum Gasteiger partial charge on any atom is -0.508 e. The van der Waals surface area contributed by atoms with Gasteiger partial charge in [-0.25, -0.2) is 4.79 Å². The summed E-state index contributed by atoms with van der Waals surface area (Å²) in [7, 11) is 0. The molecule has 0 aliphatic rings. The van der Waals surface area contributed by atoms with Crippen LogP contribution in [0.15, 0.2) is 42.5 Å². The molecule has 20 heavy (non-hydrogen) atoms. The molecule has 0 bridgehead atoms. The molecular weight excluding hydrogens is 282 g/mol. The van der Waals surface area contributed by atoms with E-state index in [9.17, 15) is 14.7 Å². The number of hydrogen-bond donors (Lipinski definition) is 3. The number of phenolic OH excluding ortho intramolecular Hbond substituents is 1. The van der Waals surface area contributed by atoms with E-state index < -0.39 is 11.9 Å². The van der Waals surface area contributed by atoms with Crippen LogP contribution in [-0.4, -0.2) is 22.1 Å². The molecule has 0 fully saturated rings. The number of carbonyl (C=O) groups is 2. The van der Waals surface area contributed by atoms with Crippen LogP contribution in [0.3, 0.4) is 0 Å². The van der Waals surface area contributed by atoms with Crippen LogP contribution in [0.1, 0.15) is 20.7 Å². The van der Waals surface area contributed by atoms with Crippen LogP contribution in [-0.2, 0) is 0 Å². The smallest absolute Gasteiger partial charge is 0.335 e. The number of aromatic carboxylic acids is 1. The van der Waals surface area contributed by atoms with Crippen LogP contribution >= 0.6 is 11.6 Å². The van der Waals surface area contributed by atoms with Crippen molar-refractivity contribution in [2.75, 3.05) is 5.32 Å². The maximum absolute atomic E-state index is 11.9. The molecule has 0 aliphatic carbocycles. The molecule has 0 heterocycles. The fourth-order valence-electron chi connectivity index (χ4n) is 1.59. The van der Waals surface area contributed by atoms with Crippen LogP contribution in [0.25, 0.3) is 0 Å². The van der Waals surface area contributed by atoms with E-state index in [1.54, 1.807) is 6.07 Å². The van der Waals surface area contributed by atoms with E-state index in [-0.39, 0.29) is 21.9 Å². The first-order valence-corrected chi connectivity index (χ1v) is 5.98. The van der Waals surface area contributed by atoms with Crippen molar-refractivity contribution in [3.05, 3.63) is 58.6 Å². The van der Waals surface area contributed by atoms with Crippen LogP contribution in [0.4, 0.5) is 5.69 Å². The number of carboxylic acid groups (broad SMARTS) is 1. The van der Waals surface area contributed by atoms with Crippen molar-refractivity contribution >= 4 is 29.2 Å². The standard InChI is InChI=1S/C14H10ClNO4/c15-11-7-9(14(19)20)4-5-12(11)16-13(18)8-2-1-3-10(17)6-8/h1-7,17H,(H,16,18)(H,19,20). The quantitative estimate of drug-likeness (QED) is 0.811. The average molecular weight is 292 g/mol. The number of aromatic hydroxyl groups is 1. The van der Waals surface area contributed by atoms with Crippen molar-refractivity contribution in [2.24, 2.45) is 0 Å². The number of halogens is 1. The molecule has 0 saturated heterocycles. The van der Waals surface area contributed by atoms with E-state index in [4.69, 9.17) is 16.7 Å². The Bertz CT molecular complexity index is 685. The summed E-state index contributed by atoms with van der Waals surface area (Å²) in [5, 5.41) is 20.8. The first-order valence-electron chi connectivity index (χ1n) is 5.60. The second-order valence-corrected chi connectivity index (χ2v) is 4.41. The van der Waals surface area contributed by atoms with E-state index in [0.717, 1.165) is 0 Å². The molecule has 102 valence electrons. The summed E-state index contributed by atoms with van der Waals surface area (Å²) in [6.07, 6.45) is 0. The lowest BCUT2D eigenvalue weighted by Gasteiger charge is -2.08. The summed E-state index contributed by atoms with van der Waals surface area (Å²) in [6.45, 7) is 0. The lowest BCUT2D eigenvalue weighted by atomic mass is 10.1. The van der Waals surface area contributed by atoms with Crippen LogP contribution in [0.5, 0.6) is 5.75 Å². The Balaban J connectivity index is 2.22. The molecule has 0 radical (unpaired) electrons. The van der Waals surface area contributed by atoms with Crippen LogP contribution in [0.2, 0.25) is 5.02 Å². The third-order valence-corrected chi connectivity index (χ3v) is 2.89. The molecule has 2 rings (SSSR count). The monoisotopic (exact) mass is 291 g/mol. The molecule has 0 spiro atoms. The zero-order valence-electron chi connectivity index (χ0n) is 10.1. The number of anilines is 1. The maximum Gasteiger partial charge on any atom is 0.335 e. The molecule has 0 aliphatic heterocycles. The Kier molecular flexibility index (Phi) is 3.91. The van der Waals surface area contributed by atoms with Crippen LogP contribution in [0, 0.1) is 0 Å². The van der Waals surface area contributed by atoms with E-state index in [1.165, 1.54) is 36.4 Å². The predicted molar refractivity (Wildman–Crippen MR) is 74.5 cm³/mol. The second-order valence-electron chi connectivity index (χ2n) is 4.00. The first kappa shape index (κ1) is 13.9. The van der Waals surface area contributed by atoms with Crippen LogP contribution < -0.4 is 5.32 Å². The summed E-state index contributed by atoms with van der Waals surface area (Å²) in [6, 6.07) is 9.84. The van der Waals surface area contributed by atoms with Gasteiger partial charge in [0.2, 0.25) is 0 Å². The molecule has 2 aromatic rings. The SMILES string of the molecule is O=C(O)c1ccc(NC(=O)c2cccc(O)c2)c(Cl)c1. The molecule has 5 nitrogen and oxygen atoms in total. The Labute approximate surface area is 119 Å². The van der Waals surface area contributed by atoms with Gasteiger partial charge >= 0.3 is 5.97 Å². The van der Waals surface area contributed by atoms with Gasteiger partial charge in [-0.3, -0.25) is 4.79 Å². The van der Waals surface area contributed by atoms with Crippen molar-refractivity contribution in [2.45, 2.75) is 0 Å². The first-order chi connectivity index (χ1) is 9.47. The second kappa shape index (κ2) is 5.63. The molecule has 0 aromatic heterocycles. The predicted octanol–water partition coefficient (Wildman–Crippen LogP) is 3.00. The summed E-state index contributed by atoms with van der Waals surface area (Å²) in [5.41, 5.74) is 0.596. The van der Waals surface area contributed by atoms with Gasteiger partial charge in [0.25, 0.3) is 5.91 Å². The Hall–Kier alpha value is -2.53. The van der Waals surface area contributed by atoms with Gasteiger partial charge in [-0.05, 0) is 36.4 Å². The zero-order valence-corrected chi connectivity index (χ0v) is 10.9. The molecule has 1 amide bonds. The number of rotatable bonds is 3. The van der Waals surface area contributed by atoms with E-state index >= 15 is 0 Å². The third-order valence-electron chi connectivity index (χ3n) is 2.57. The molecule has 6 heteroatoms. The van der Waals surface area contributed by atoms with Gasteiger partial charge in [-0.1, -0.05) is 17.7 Å². The fraction of sp³-hybridized carbons (Fsp3) is 0. The maximum atomic E-state index is 11.9. The minimum atomic E-state index is -1.10. The fourth-order valence-corrected chi connectivity index (χ4v) is 1.82. The van der Waals surface area contributed by atoms with E-state index in [0.29, 0.717) is 5.69 Å². The number of carbonyl (C=O) groups excluding carboxylic acids is 1. The Morgan fingerprint density at radius 3 is 2.40 bits per heavy atom. The lowest BCUT2D eigenvalue weighted by molar-refractivity contribution is 0.0696. The average Bonchev–Trinajstić information content (AvgIpc) is 2.40. The highest BCUT2D eigenvalue weighted by molar-refractivity contribution is 6.34. The van der Waals surface area contributed by atoms with Gasteiger partial charge in [0, 0.05) is 5.56 Å². The summed E-state index contributed by atoms with van der Waals surface area (Å²) in [4.78, 5) is 22.7. The Morgan fingerprint density at radius 1 is 1.05 bits per heavy atom. The largest absolute Gasteiger partial charge is 0.508 e. The van der Waals surface area contributed by atoms with E-state index in [2.05, 4.69) is 5.32 Å². The van der Waals surface area contributed by atoms with Gasteiger partial charge < -0.3 is 15.5 Å². The number of nitrogens with one attached hydrogen (secondary N) is 1. The number of amides is 1. The summed E-state index contributed by atoms with van der Waals surface area (Å²) in [5.74, 6) is -1.58. The number of benzene rings is 2.